The Kier molecular flexibility index (Phi) is 5.95. The molecular weight excluding hydrogens is 409 g/mol. The fraction of sp³-hybridized carbons (Fsp3) is 0.417. The number of hydrogen-bond donors (Lipinski definition) is 2. The van der Waals surface area contributed by atoms with Crippen LogP contribution in [0.2, 0.25) is 0 Å². The molecule has 1 aromatic carbocycles. The largest absolute Gasteiger partial charge is 0.365 e. The molecule has 0 aliphatic heterocycles. The predicted molar refractivity (Wildman–Crippen MR) is 119 cm³/mol. The molecule has 0 bridgehead atoms. The van der Waals surface area contributed by atoms with Gasteiger partial charge in [0.05, 0.1) is 6.20 Å². The molecule has 8 heteroatoms. The number of aryl methyl sites for hydroxylation is 2. The maximum atomic E-state index is 13.4. The minimum Gasteiger partial charge on any atom is -0.365 e. The Hall–Kier alpha value is -3.29. The van der Waals surface area contributed by atoms with E-state index in [2.05, 4.69) is 15.4 Å². The van der Waals surface area contributed by atoms with Crippen LogP contribution in [0, 0.1) is 19.7 Å². The lowest BCUT2D eigenvalue weighted by Crippen LogP contribution is -2.39. The highest BCUT2D eigenvalue weighted by molar-refractivity contribution is 5.98. The van der Waals surface area contributed by atoms with E-state index >= 15 is 0 Å². The zero-order valence-electron chi connectivity index (χ0n) is 18.4. The van der Waals surface area contributed by atoms with Crippen molar-refractivity contribution < 1.29 is 14.0 Å². The third kappa shape index (κ3) is 4.09. The topological polar surface area (TPSA) is 102 Å². The predicted octanol–water partition coefficient (Wildman–Crippen LogP) is 3.14. The summed E-state index contributed by atoms with van der Waals surface area (Å²) in [7, 11) is 0. The summed E-state index contributed by atoms with van der Waals surface area (Å²) in [4.78, 5) is 28.8. The van der Waals surface area contributed by atoms with Gasteiger partial charge in [-0.25, -0.2) is 13.9 Å². The van der Waals surface area contributed by atoms with E-state index < -0.39 is 5.91 Å². The summed E-state index contributed by atoms with van der Waals surface area (Å²) in [5, 5.41) is 7.34. The average molecular weight is 438 g/mol. The van der Waals surface area contributed by atoms with Crippen molar-refractivity contribution in [3.63, 3.8) is 0 Å². The van der Waals surface area contributed by atoms with Gasteiger partial charge in [0.2, 0.25) is 5.91 Å². The third-order valence-electron chi connectivity index (χ3n) is 6.72. The number of aromatic nitrogens is 3. The second-order valence-electron chi connectivity index (χ2n) is 8.69. The van der Waals surface area contributed by atoms with Crippen molar-refractivity contribution in [1.82, 2.24) is 19.9 Å². The summed E-state index contributed by atoms with van der Waals surface area (Å²) < 4.78 is 15.0. The van der Waals surface area contributed by atoms with Crippen LogP contribution in [0.25, 0.3) is 5.65 Å². The van der Waals surface area contributed by atoms with Gasteiger partial charge in [-0.3, -0.25) is 9.59 Å². The van der Waals surface area contributed by atoms with E-state index in [1.807, 2.05) is 26.0 Å². The first-order valence-electron chi connectivity index (χ1n) is 11.0. The van der Waals surface area contributed by atoms with Crippen molar-refractivity contribution in [3.8, 4) is 0 Å². The molecule has 0 spiro atoms. The highest BCUT2D eigenvalue weighted by Gasteiger charge is 2.35. The van der Waals surface area contributed by atoms with Crippen LogP contribution in [0.3, 0.4) is 0 Å². The summed E-state index contributed by atoms with van der Waals surface area (Å²) in [6.07, 6.45) is 6.44. The van der Waals surface area contributed by atoms with E-state index in [0.29, 0.717) is 25.0 Å². The fourth-order valence-electron chi connectivity index (χ4n) is 4.86. The molecule has 1 saturated carbocycles. The molecule has 2 amide bonds. The van der Waals surface area contributed by atoms with Crippen LogP contribution < -0.4 is 11.1 Å². The van der Waals surface area contributed by atoms with E-state index in [9.17, 15) is 14.0 Å². The molecule has 0 radical (unpaired) electrons. The Morgan fingerprint density at radius 1 is 1.19 bits per heavy atom. The van der Waals surface area contributed by atoms with Gasteiger partial charge in [-0.15, -0.1) is 0 Å². The monoisotopic (exact) mass is 437 g/mol. The van der Waals surface area contributed by atoms with Gasteiger partial charge >= 0.3 is 0 Å². The summed E-state index contributed by atoms with van der Waals surface area (Å²) in [6.45, 7) is 4.31. The van der Waals surface area contributed by atoms with Gasteiger partial charge in [-0.05, 0) is 56.4 Å². The molecule has 0 saturated heterocycles. The molecule has 2 aromatic heterocycles. The van der Waals surface area contributed by atoms with Crippen LogP contribution in [0.1, 0.15) is 65.0 Å². The fourth-order valence-corrected chi connectivity index (χ4v) is 4.86. The summed E-state index contributed by atoms with van der Waals surface area (Å²) >= 11 is 0. The van der Waals surface area contributed by atoms with Gasteiger partial charge in [-0.2, -0.15) is 5.10 Å². The first kappa shape index (κ1) is 21.9. The average Bonchev–Trinajstić information content (AvgIpc) is 3.40. The van der Waals surface area contributed by atoms with E-state index in [0.717, 1.165) is 48.2 Å². The minimum atomic E-state index is -0.569. The molecule has 7 nitrogen and oxygen atoms in total. The second kappa shape index (κ2) is 8.68. The van der Waals surface area contributed by atoms with Crippen LogP contribution in [0.5, 0.6) is 0 Å². The zero-order valence-corrected chi connectivity index (χ0v) is 18.4. The number of carbonyl (C=O) groups excluding carboxylic acids is 2. The Bertz CT molecular complexity index is 1160. The van der Waals surface area contributed by atoms with Gasteiger partial charge in [0.1, 0.15) is 11.4 Å². The van der Waals surface area contributed by atoms with Crippen molar-refractivity contribution in [2.24, 2.45) is 5.73 Å². The van der Waals surface area contributed by atoms with E-state index in [1.54, 1.807) is 4.52 Å². The van der Waals surface area contributed by atoms with Gasteiger partial charge < -0.3 is 11.1 Å². The Morgan fingerprint density at radius 2 is 1.88 bits per heavy atom. The van der Waals surface area contributed by atoms with Crippen molar-refractivity contribution >= 4 is 17.5 Å². The molecule has 3 aromatic rings. The number of carbonyl (C=O) groups is 2. The number of rotatable bonds is 7. The molecule has 32 heavy (non-hydrogen) atoms. The molecule has 1 aliphatic rings. The summed E-state index contributed by atoms with van der Waals surface area (Å²) in [5.41, 5.74) is 9.60. The number of nitrogens with one attached hydrogen (secondary N) is 1. The number of fused-ring (bicyclic) bond motifs is 1. The van der Waals surface area contributed by atoms with Crippen LogP contribution in [0.4, 0.5) is 4.39 Å². The van der Waals surface area contributed by atoms with Crippen molar-refractivity contribution in [3.05, 3.63) is 64.4 Å². The lowest BCUT2D eigenvalue weighted by molar-refractivity contribution is -0.121. The Balaban J connectivity index is 1.44. The minimum absolute atomic E-state index is 0.0319. The molecule has 4 rings (SSSR count). The van der Waals surface area contributed by atoms with Gasteiger partial charge in [0, 0.05) is 29.8 Å². The maximum Gasteiger partial charge on any atom is 0.254 e. The number of primary amides is 1. The Morgan fingerprint density at radius 3 is 2.53 bits per heavy atom. The normalized spacial score (nSPS) is 15.2. The molecule has 1 aliphatic carbocycles. The van der Waals surface area contributed by atoms with Crippen LogP contribution in [-0.4, -0.2) is 33.0 Å². The second-order valence-corrected chi connectivity index (χ2v) is 8.69. The van der Waals surface area contributed by atoms with E-state index in [1.165, 1.54) is 18.3 Å². The lowest BCUT2D eigenvalue weighted by Gasteiger charge is -2.30. The Labute approximate surface area is 186 Å². The standard InChI is InChI=1S/C24H28FN5O2/c1-15-19(16(2)30-23(29-15)20(13-28-30)22(26)32)9-10-21(31)27-14-24(11-3-4-12-24)17-5-7-18(25)8-6-17/h5-8,13H,3-4,9-12,14H2,1-2H3,(H2,26,32)(H,27,31). The first-order valence-corrected chi connectivity index (χ1v) is 11.0. The quantitative estimate of drug-likeness (QED) is 0.593. The number of halogens is 1. The first-order chi connectivity index (χ1) is 15.3. The van der Waals surface area contributed by atoms with Crippen LogP contribution in [-0.2, 0) is 16.6 Å². The number of amides is 2. The molecule has 3 N–H and O–H groups in total. The molecule has 2 heterocycles. The number of benzene rings is 1. The zero-order chi connectivity index (χ0) is 22.9. The van der Waals surface area contributed by atoms with Gasteiger partial charge in [0.25, 0.3) is 5.91 Å². The summed E-state index contributed by atoms with van der Waals surface area (Å²) in [5.74, 6) is -0.849. The SMILES string of the molecule is Cc1nc2c(C(N)=O)cnn2c(C)c1CCC(=O)NCC1(c2ccc(F)cc2)CCCC1. The summed E-state index contributed by atoms with van der Waals surface area (Å²) in [6, 6.07) is 6.66. The number of nitrogens with zero attached hydrogens (tertiary/aromatic N) is 3. The highest BCUT2D eigenvalue weighted by atomic mass is 19.1. The molecule has 0 unspecified atom stereocenters. The molecule has 168 valence electrons. The molecule has 0 atom stereocenters. The van der Waals surface area contributed by atoms with Gasteiger partial charge in [-0.1, -0.05) is 25.0 Å². The van der Waals surface area contributed by atoms with Gasteiger partial charge in [0.15, 0.2) is 5.65 Å². The molecule has 1 fully saturated rings. The maximum absolute atomic E-state index is 13.4. The van der Waals surface area contributed by atoms with E-state index in [4.69, 9.17) is 5.73 Å². The number of nitrogens with two attached hydrogens (primary N) is 1. The van der Waals surface area contributed by atoms with E-state index in [-0.39, 0.29) is 22.7 Å². The third-order valence-corrected chi connectivity index (χ3v) is 6.72. The number of hydrogen-bond acceptors (Lipinski definition) is 4. The van der Waals surface area contributed by atoms with Crippen molar-refractivity contribution in [2.75, 3.05) is 6.54 Å². The van der Waals surface area contributed by atoms with Crippen LogP contribution in [0.15, 0.2) is 30.5 Å². The van der Waals surface area contributed by atoms with Crippen molar-refractivity contribution in [2.45, 2.75) is 57.8 Å². The van der Waals surface area contributed by atoms with Crippen molar-refractivity contribution in [1.29, 1.82) is 0 Å². The highest BCUT2D eigenvalue weighted by Crippen LogP contribution is 2.40. The van der Waals surface area contributed by atoms with Crippen LogP contribution >= 0.6 is 0 Å². The smallest absolute Gasteiger partial charge is 0.254 e. The lowest BCUT2D eigenvalue weighted by atomic mass is 9.78. The molecular formula is C24H28FN5O2.